The monoisotopic (exact) mass is 386 g/mol. The highest BCUT2D eigenvalue weighted by molar-refractivity contribution is 9.10. The summed E-state index contributed by atoms with van der Waals surface area (Å²) in [6.45, 7) is 2.00. The van der Waals surface area contributed by atoms with E-state index in [9.17, 15) is 4.39 Å². The second-order valence-corrected chi connectivity index (χ2v) is 6.03. The maximum atomic E-state index is 13.3. The van der Waals surface area contributed by atoms with Crippen LogP contribution in [0.3, 0.4) is 0 Å². The Labute approximate surface area is 129 Å². The number of alkyl halides is 1. The summed E-state index contributed by atoms with van der Waals surface area (Å²) in [5.74, 6) is 0.541. The summed E-state index contributed by atoms with van der Waals surface area (Å²) in [5, 5.41) is 0. The molecule has 0 saturated carbocycles. The van der Waals surface area contributed by atoms with Gasteiger partial charge in [0.2, 0.25) is 0 Å². The van der Waals surface area contributed by atoms with Crippen LogP contribution >= 0.6 is 31.9 Å². The first-order valence-electron chi connectivity index (χ1n) is 5.76. The highest BCUT2D eigenvalue weighted by atomic mass is 79.9. The van der Waals surface area contributed by atoms with Gasteiger partial charge in [-0.2, -0.15) is 0 Å². The Morgan fingerprint density at radius 2 is 1.95 bits per heavy atom. The zero-order chi connectivity index (χ0) is 14.0. The van der Waals surface area contributed by atoms with Gasteiger partial charge in [-0.15, -0.1) is 0 Å². The molecule has 4 heteroatoms. The van der Waals surface area contributed by atoms with Gasteiger partial charge in [-0.25, -0.2) is 4.39 Å². The average Bonchev–Trinajstić information content (AvgIpc) is 2.40. The van der Waals surface area contributed by atoms with Gasteiger partial charge in [-0.3, -0.25) is 0 Å². The molecule has 100 valence electrons. The highest BCUT2D eigenvalue weighted by Crippen LogP contribution is 2.39. The Kier molecular flexibility index (Phi) is 4.63. The van der Waals surface area contributed by atoms with Gasteiger partial charge >= 0.3 is 0 Å². The number of rotatable bonds is 3. The minimum atomic E-state index is -0.243. The third-order valence-corrected chi connectivity index (χ3v) is 4.80. The third kappa shape index (κ3) is 3.18. The number of benzene rings is 2. The molecule has 1 nitrogen and oxygen atoms in total. The molecule has 1 atom stereocenters. The van der Waals surface area contributed by atoms with Crippen LogP contribution in [0.2, 0.25) is 0 Å². The summed E-state index contributed by atoms with van der Waals surface area (Å²) >= 11 is 7.13. The van der Waals surface area contributed by atoms with Crippen molar-refractivity contribution in [1.82, 2.24) is 0 Å². The molecule has 19 heavy (non-hydrogen) atoms. The van der Waals surface area contributed by atoms with Gasteiger partial charge in [0.15, 0.2) is 0 Å². The van der Waals surface area contributed by atoms with E-state index in [1.54, 1.807) is 13.2 Å². The van der Waals surface area contributed by atoms with Gasteiger partial charge in [0.25, 0.3) is 0 Å². The first kappa shape index (κ1) is 14.5. The van der Waals surface area contributed by atoms with Crippen LogP contribution in [0.5, 0.6) is 5.75 Å². The standard InChI is InChI=1S/C15H13Br2FO/c1-9-6-14(19-2)12(8-13(9)16)15(17)10-4-3-5-11(18)7-10/h3-8,15H,1-2H3. The van der Waals surface area contributed by atoms with Crippen LogP contribution < -0.4 is 4.74 Å². The molecule has 0 radical (unpaired) electrons. The number of methoxy groups -OCH3 is 1. The summed E-state index contributed by atoms with van der Waals surface area (Å²) < 4.78 is 19.7. The van der Waals surface area contributed by atoms with Crippen molar-refractivity contribution in [1.29, 1.82) is 0 Å². The summed E-state index contributed by atoms with van der Waals surface area (Å²) in [6.07, 6.45) is 0. The van der Waals surface area contributed by atoms with E-state index in [1.807, 2.05) is 25.1 Å². The molecule has 2 rings (SSSR count). The summed E-state index contributed by atoms with van der Waals surface area (Å²) in [7, 11) is 1.64. The second-order valence-electron chi connectivity index (χ2n) is 4.26. The van der Waals surface area contributed by atoms with Crippen LogP contribution in [0.15, 0.2) is 40.9 Å². The largest absolute Gasteiger partial charge is 0.496 e. The molecule has 2 aromatic rings. The maximum absolute atomic E-state index is 13.3. The van der Waals surface area contributed by atoms with Crippen LogP contribution in [-0.2, 0) is 0 Å². The third-order valence-electron chi connectivity index (χ3n) is 2.93. The van der Waals surface area contributed by atoms with Crippen LogP contribution in [0.1, 0.15) is 21.5 Å². The van der Waals surface area contributed by atoms with E-state index in [4.69, 9.17) is 4.74 Å². The Balaban J connectivity index is 2.49. The Morgan fingerprint density at radius 1 is 1.21 bits per heavy atom. The van der Waals surface area contributed by atoms with Crippen molar-refractivity contribution in [2.45, 2.75) is 11.8 Å². The minimum absolute atomic E-state index is 0.116. The maximum Gasteiger partial charge on any atom is 0.123 e. The number of hydrogen-bond donors (Lipinski definition) is 0. The second kappa shape index (κ2) is 6.06. The van der Waals surface area contributed by atoms with E-state index in [-0.39, 0.29) is 10.6 Å². The van der Waals surface area contributed by atoms with Gasteiger partial charge in [0.1, 0.15) is 11.6 Å². The number of halogens is 3. The van der Waals surface area contributed by atoms with Crippen molar-refractivity contribution in [2.24, 2.45) is 0 Å². The van der Waals surface area contributed by atoms with Crippen LogP contribution in [0, 0.1) is 12.7 Å². The Morgan fingerprint density at radius 3 is 2.58 bits per heavy atom. The summed E-state index contributed by atoms with van der Waals surface area (Å²) in [6, 6.07) is 10.5. The zero-order valence-electron chi connectivity index (χ0n) is 10.6. The van der Waals surface area contributed by atoms with Gasteiger partial charge in [0.05, 0.1) is 11.9 Å². The fourth-order valence-corrected chi connectivity index (χ4v) is 2.89. The lowest BCUT2D eigenvalue weighted by atomic mass is 10.0. The molecule has 0 aliphatic heterocycles. The quantitative estimate of drug-likeness (QED) is 0.641. The lowest BCUT2D eigenvalue weighted by Gasteiger charge is -2.16. The SMILES string of the molecule is COc1cc(C)c(Br)cc1C(Br)c1cccc(F)c1. The fraction of sp³-hybridized carbons (Fsp3) is 0.200. The number of ether oxygens (including phenoxy) is 1. The molecular weight excluding hydrogens is 375 g/mol. The van der Waals surface area contributed by atoms with Crippen molar-refractivity contribution < 1.29 is 9.13 Å². The van der Waals surface area contributed by atoms with E-state index in [0.717, 1.165) is 26.9 Å². The topological polar surface area (TPSA) is 9.23 Å². The van der Waals surface area contributed by atoms with Crippen LogP contribution in [0.4, 0.5) is 4.39 Å². The Bertz CT molecular complexity index is 599. The molecule has 0 spiro atoms. The van der Waals surface area contributed by atoms with Crippen LogP contribution in [0.25, 0.3) is 0 Å². The molecule has 0 aliphatic carbocycles. The first-order chi connectivity index (χ1) is 9.02. The predicted molar refractivity (Wildman–Crippen MR) is 82.6 cm³/mol. The predicted octanol–water partition coefficient (Wildman–Crippen LogP) is 5.39. The van der Waals surface area contributed by atoms with Crippen molar-refractivity contribution in [3.8, 4) is 5.75 Å². The average molecular weight is 388 g/mol. The van der Waals surface area contributed by atoms with E-state index in [0.29, 0.717) is 0 Å². The molecule has 2 aromatic carbocycles. The van der Waals surface area contributed by atoms with Gasteiger partial charge in [0, 0.05) is 10.0 Å². The van der Waals surface area contributed by atoms with E-state index in [1.165, 1.54) is 12.1 Å². The molecule has 0 heterocycles. The Hall–Kier alpha value is -0.870. The molecular formula is C15H13Br2FO. The van der Waals surface area contributed by atoms with E-state index < -0.39 is 0 Å². The van der Waals surface area contributed by atoms with Crippen molar-refractivity contribution in [3.63, 3.8) is 0 Å². The minimum Gasteiger partial charge on any atom is -0.496 e. The number of hydrogen-bond acceptors (Lipinski definition) is 1. The fourth-order valence-electron chi connectivity index (χ4n) is 1.89. The summed E-state index contributed by atoms with van der Waals surface area (Å²) in [4.78, 5) is -0.116. The number of aryl methyl sites for hydroxylation is 1. The first-order valence-corrected chi connectivity index (χ1v) is 7.47. The van der Waals surface area contributed by atoms with E-state index >= 15 is 0 Å². The molecule has 0 N–H and O–H groups in total. The smallest absolute Gasteiger partial charge is 0.123 e. The van der Waals surface area contributed by atoms with Crippen LogP contribution in [-0.4, -0.2) is 7.11 Å². The normalized spacial score (nSPS) is 12.3. The van der Waals surface area contributed by atoms with E-state index in [2.05, 4.69) is 31.9 Å². The van der Waals surface area contributed by atoms with Crippen molar-refractivity contribution in [2.75, 3.05) is 7.11 Å². The molecule has 0 saturated heterocycles. The van der Waals surface area contributed by atoms with Crippen molar-refractivity contribution >= 4 is 31.9 Å². The highest BCUT2D eigenvalue weighted by Gasteiger charge is 2.17. The molecule has 0 amide bonds. The summed E-state index contributed by atoms with van der Waals surface area (Å²) in [5.41, 5.74) is 2.92. The zero-order valence-corrected chi connectivity index (χ0v) is 13.8. The van der Waals surface area contributed by atoms with Gasteiger partial charge in [-0.05, 0) is 42.3 Å². The molecule has 0 aliphatic rings. The lowest BCUT2D eigenvalue weighted by molar-refractivity contribution is 0.410. The molecule has 0 bridgehead atoms. The molecule has 1 unspecified atom stereocenters. The van der Waals surface area contributed by atoms with Crippen molar-refractivity contribution in [3.05, 3.63) is 63.4 Å². The van der Waals surface area contributed by atoms with Gasteiger partial charge < -0.3 is 4.74 Å². The molecule has 0 fully saturated rings. The molecule has 0 aromatic heterocycles. The lowest BCUT2D eigenvalue weighted by Crippen LogP contribution is -1.98. The van der Waals surface area contributed by atoms with Gasteiger partial charge in [-0.1, -0.05) is 44.0 Å².